The van der Waals surface area contributed by atoms with Crippen LogP contribution >= 0.6 is 0 Å². The van der Waals surface area contributed by atoms with Crippen molar-refractivity contribution in [2.45, 2.75) is 88.9 Å². The standard InChI is InChI=1S/C54H54N6O6/c61-52-49(29-37-14-20-45(21-15-37)65-35-39-9-3-1-4-10-39)58(33-41-18-24-47-43(27-41)31-55-57-47)54(63)59(34-42-19-25-48-44(28-42)32-56-60(48)51-13-7-8-26-64-51)50(53(52)62)30-38-16-22-46(23-17-38)66-36-40-11-5-2-6-12-40/h1-6,9-12,14-25,27-28,31-32,49-53,61-62H,7-8,13,26,29-30,33-36H2,(H,55,57)/t49-,50-,51?,52+,53+/m1/s1. The third kappa shape index (κ3) is 9.67. The third-order valence-electron chi connectivity index (χ3n) is 13.0. The minimum Gasteiger partial charge on any atom is -0.489 e. The van der Waals surface area contributed by atoms with Crippen molar-refractivity contribution in [3.63, 3.8) is 0 Å². The van der Waals surface area contributed by atoms with Gasteiger partial charge in [-0.05, 0) is 114 Å². The molecule has 2 aliphatic heterocycles. The Morgan fingerprint density at radius 2 is 1.15 bits per heavy atom. The first-order valence-corrected chi connectivity index (χ1v) is 22.9. The number of carbonyl (C=O) groups excluding carboxylic acids is 1. The van der Waals surface area contributed by atoms with Crippen molar-refractivity contribution in [3.8, 4) is 11.5 Å². The maximum absolute atomic E-state index is 15.6. The number of H-pyrrole nitrogens is 1. The number of fused-ring (bicyclic) bond motifs is 2. The van der Waals surface area contributed by atoms with Crippen molar-refractivity contribution in [1.82, 2.24) is 29.8 Å². The van der Waals surface area contributed by atoms with E-state index in [4.69, 9.17) is 19.3 Å². The number of aliphatic hydroxyl groups is 2. The van der Waals surface area contributed by atoms with Gasteiger partial charge in [0.05, 0.1) is 35.5 Å². The number of urea groups is 1. The molecule has 0 bridgehead atoms. The molecule has 4 heterocycles. The molecule has 1 unspecified atom stereocenters. The molecule has 10 rings (SSSR count). The van der Waals surface area contributed by atoms with Gasteiger partial charge in [-0.15, -0.1) is 0 Å². The highest BCUT2D eigenvalue weighted by molar-refractivity contribution is 5.81. The monoisotopic (exact) mass is 882 g/mol. The molecule has 12 heteroatoms. The number of nitrogens with one attached hydrogen (secondary N) is 1. The summed E-state index contributed by atoms with van der Waals surface area (Å²) in [7, 11) is 0. The Kier molecular flexibility index (Phi) is 12.8. The number of ether oxygens (including phenoxy) is 3. The minimum absolute atomic E-state index is 0.116. The van der Waals surface area contributed by atoms with E-state index in [1.165, 1.54) is 0 Å². The number of rotatable bonds is 15. The molecule has 0 saturated carbocycles. The van der Waals surface area contributed by atoms with Crippen LogP contribution in [0.2, 0.25) is 0 Å². The quantitative estimate of drug-likeness (QED) is 0.0928. The number of amides is 2. The zero-order chi connectivity index (χ0) is 44.8. The molecule has 66 heavy (non-hydrogen) atoms. The Bertz CT molecular complexity index is 2850. The summed E-state index contributed by atoms with van der Waals surface area (Å²) in [5.74, 6) is 1.42. The fraction of sp³-hybridized carbons (Fsp3) is 0.278. The van der Waals surface area contributed by atoms with Gasteiger partial charge in [-0.2, -0.15) is 10.2 Å². The highest BCUT2D eigenvalue weighted by atomic mass is 16.5. The predicted molar refractivity (Wildman–Crippen MR) is 253 cm³/mol. The van der Waals surface area contributed by atoms with Crippen LogP contribution in [0, 0.1) is 0 Å². The van der Waals surface area contributed by atoms with Gasteiger partial charge in [-0.25, -0.2) is 9.48 Å². The van der Waals surface area contributed by atoms with Gasteiger partial charge in [0.25, 0.3) is 0 Å². The van der Waals surface area contributed by atoms with Crippen molar-refractivity contribution < 1.29 is 29.2 Å². The van der Waals surface area contributed by atoms with Gasteiger partial charge < -0.3 is 34.2 Å². The van der Waals surface area contributed by atoms with Crippen LogP contribution < -0.4 is 9.47 Å². The molecule has 6 aromatic carbocycles. The number of aromatic amines is 1. The van der Waals surface area contributed by atoms with Gasteiger partial charge in [0.1, 0.15) is 36.9 Å². The summed E-state index contributed by atoms with van der Waals surface area (Å²) in [4.78, 5) is 19.1. The van der Waals surface area contributed by atoms with E-state index < -0.39 is 24.3 Å². The van der Waals surface area contributed by atoms with E-state index >= 15 is 4.79 Å². The first-order chi connectivity index (χ1) is 32.4. The van der Waals surface area contributed by atoms with Crippen molar-refractivity contribution >= 4 is 27.8 Å². The Balaban J connectivity index is 0.979. The lowest BCUT2D eigenvalue weighted by Gasteiger charge is -2.36. The molecule has 0 spiro atoms. The molecule has 8 aromatic rings. The molecule has 2 fully saturated rings. The Morgan fingerprint density at radius 1 is 0.606 bits per heavy atom. The fourth-order valence-electron chi connectivity index (χ4n) is 9.34. The number of hydrogen-bond donors (Lipinski definition) is 3. The van der Waals surface area contributed by atoms with Crippen molar-refractivity contribution in [2.75, 3.05) is 6.61 Å². The summed E-state index contributed by atoms with van der Waals surface area (Å²) in [6, 6.07) is 45.7. The summed E-state index contributed by atoms with van der Waals surface area (Å²) in [6.45, 7) is 1.95. The maximum Gasteiger partial charge on any atom is 0.321 e. The second-order valence-electron chi connectivity index (χ2n) is 17.5. The number of hydrogen-bond acceptors (Lipinski definition) is 8. The molecular weight excluding hydrogens is 829 g/mol. The van der Waals surface area contributed by atoms with Crippen LogP contribution in [0.1, 0.15) is 58.9 Å². The lowest BCUT2D eigenvalue weighted by atomic mass is 9.90. The molecule has 2 saturated heterocycles. The average molecular weight is 883 g/mol. The zero-order valence-corrected chi connectivity index (χ0v) is 36.7. The molecule has 3 N–H and O–H groups in total. The lowest BCUT2D eigenvalue weighted by molar-refractivity contribution is -0.0408. The Hall–Kier alpha value is -6.99. The van der Waals surface area contributed by atoms with Crippen LogP contribution in [0.15, 0.2) is 158 Å². The molecule has 2 aromatic heterocycles. The SMILES string of the molecule is O=C1N(Cc2ccc3[nH]ncc3c2)[C@H](Cc2ccc(OCc3ccccc3)cc2)[C@H](O)[C@@H](O)[C@@H](Cc2ccc(OCc3ccccc3)cc2)N1Cc1ccc2c(cnn2C2CCCCO2)c1. The molecule has 0 radical (unpaired) electrons. The van der Waals surface area contributed by atoms with E-state index in [9.17, 15) is 10.2 Å². The normalized spacial score (nSPS) is 20.2. The van der Waals surface area contributed by atoms with E-state index in [0.717, 1.165) is 74.4 Å². The first kappa shape index (κ1) is 42.9. The highest BCUT2D eigenvalue weighted by Gasteiger charge is 2.46. The van der Waals surface area contributed by atoms with Crippen LogP contribution in [0.5, 0.6) is 11.5 Å². The van der Waals surface area contributed by atoms with Crippen molar-refractivity contribution in [1.29, 1.82) is 0 Å². The van der Waals surface area contributed by atoms with Gasteiger partial charge in [-0.1, -0.05) is 97.1 Å². The summed E-state index contributed by atoms with van der Waals surface area (Å²) < 4.78 is 20.2. The van der Waals surface area contributed by atoms with Crippen LogP contribution in [-0.2, 0) is 43.9 Å². The van der Waals surface area contributed by atoms with Gasteiger partial charge in [0.15, 0.2) is 6.23 Å². The number of aromatic nitrogens is 4. The average Bonchev–Trinajstić information content (AvgIpc) is 4.02. The minimum atomic E-state index is -1.31. The van der Waals surface area contributed by atoms with E-state index in [2.05, 4.69) is 16.3 Å². The maximum atomic E-state index is 15.6. The van der Waals surface area contributed by atoms with Crippen molar-refractivity contribution in [2.24, 2.45) is 0 Å². The number of nitrogens with zero attached hydrogens (tertiary/aromatic N) is 5. The largest absolute Gasteiger partial charge is 0.489 e. The molecule has 2 aliphatic rings. The van der Waals surface area contributed by atoms with Gasteiger partial charge >= 0.3 is 6.03 Å². The Morgan fingerprint density at radius 3 is 1.71 bits per heavy atom. The molecule has 336 valence electrons. The summed E-state index contributed by atoms with van der Waals surface area (Å²) in [6.07, 6.45) is 4.50. The van der Waals surface area contributed by atoms with E-state index in [1.54, 1.807) is 16.0 Å². The molecular formula is C54H54N6O6. The zero-order valence-electron chi connectivity index (χ0n) is 36.7. The molecule has 0 aliphatic carbocycles. The number of benzene rings is 6. The van der Waals surface area contributed by atoms with Gasteiger partial charge in [-0.3, -0.25) is 5.10 Å². The second kappa shape index (κ2) is 19.6. The summed E-state index contributed by atoms with van der Waals surface area (Å²) >= 11 is 0. The van der Waals surface area contributed by atoms with Crippen molar-refractivity contribution in [3.05, 3.63) is 191 Å². The molecule has 12 nitrogen and oxygen atoms in total. The fourth-order valence-corrected chi connectivity index (χ4v) is 9.34. The predicted octanol–water partition coefficient (Wildman–Crippen LogP) is 9.15. The topological polar surface area (TPSA) is 138 Å². The third-order valence-corrected chi connectivity index (χ3v) is 13.0. The molecule has 2 amide bonds. The van der Waals surface area contributed by atoms with Crippen LogP contribution in [0.4, 0.5) is 4.79 Å². The van der Waals surface area contributed by atoms with Gasteiger partial charge in [0.2, 0.25) is 0 Å². The summed E-state index contributed by atoms with van der Waals surface area (Å²) in [5, 5.41) is 38.9. The summed E-state index contributed by atoms with van der Waals surface area (Å²) in [5.41, 5.74) is 7.50. The Labute approximate surface area is 384 Å². The smallest absolute Gasteiger partial charge is 0.321 e. The van der Waals surface area contributed by atoms with E-state index in [0.29, 0.717) is 37.7 Å². The lowest BCUT2D eigenvalue weighted by Crippen LogP contribution is -2.50. The first-order valence-electron chi connectivity index (χ1n) is 22.9. The van der Waals surface area contributed by atoms with Crippen LogP contribution in [-0.4, -0.2) is 76.9 Å². The highest BCUT2D eigenvalue weighted by Crippen LogP contribution is 2.33. The van der Waals surface area contributed by atoms with E-state index in [-0.39, 0.29) is 31.8 Å². The second-order valence-corrected chi connectivity index (χ2v) is 17.5. The number of aliphatic hydroxyl groups excluding tert-OH is 2. The van der Waals surface area contributed by atoms with Gasteiger partial charge in [0, 0.05) is 30.5 Å². The molecule has 5 atom stereocenters. The van der Waals surface area contributed by atoms with Crippen LogP contribution in [0.25, 0.3) is 21.8 Å². The number of carbonyl (C=O) groups is 1. The van der Waals surface area contributed by atoms with E-state index in [1.807, 2.05) is 150 Å². The van der Waals surface area contributed by atoms with Crippen LogP contribution in [0.3, 0.4) is 0 Å².